The van der Waals surface area contributed by atoms with Crippen molar-refractivity contribution < 1.29 is 4.74 Å². The summed E-state index contributed by atoms with van der Waals surface area (Å²) in [6, 6.07) is 0. The molecule has 0 unspecified atom stereocenters. The zero-order valence-corrected chi connectivity index (χ0v) is 9.09. The topological polar surface area (TPSA) is 27.1 Å². The molecule has 0 saturated carbocycles. The highest BCUT2D eigenvalue weighted by Crippen LogP contribution is 2.10. The molecule has 0 saturated heterocycles. The van der Waals surface area contributed by atoms with Crippen LogP contribution in [-0.2, 0) is 11.5 Å². The first-order valence-electron chi connectivity index (χ1n) is 4.52. The lowest BCUT2D eigenvalue weighted by molar-refractivity contribution is -0.0439. The Morgan fingerprint density at radius 2 is 2.00 bits per heavy atom. The summed E-state index contributed by atoms with van der Waals surface area (Å²) in [5.74, 6) is 0. The van der Waals surface area contributed by atoms with Gasteiger partial charge >= 0.3 is 0 Å². The van der Waals surface area contributed by atoms with E-state index < -0.39 is 0 Å². The van der Waals surface area contributed by atoms with Crippen LogP contribution in [0.5, 0.6) is 0 Å². The van der Waals surface area contributed by atoms with E-state index in [9.17, 15) is 0 Å². The van der Waals surface area contributed by atoms with E-state index in [1.165, 1.54) is 5.69 Å². The molecule has 1 aromatic rings. The van der Waals surface area contributed by atoms with Gasteiger partial charge in [0.2, 0.25) is 0 Å². The lowest BCUT2D eigenvalue weighted by Gasteiger charge is -2.20. The molecule has 1 rings (SSSR count). The predicted octanol–water partition coefficient (Wildman–Crippen LogP) is 2.27. The first-order valence-corrected chi connectivity index (χ1v) is 4.52. The minimum absolute atomic E-state index is 0.0926. The molecule has 0 N–H and O–H groups in total. The molecule has 0 spiro atoms. The number of aryl methyl sites for hydroxylation is 1. The Hall–Kier alpha value is -0.830. The summed E-state index contributed by atoms with van der Waals surface area (Å²) in [6.07, 6.45) is 1.82. The number of rotatable bonds is 2. The normalized spacial score (nSPS) is 12.1. The number of hydrogen-bond acceptors (Lipinski definition) is 2. The van der Waals surface area contributed by atoms with Gasteiger partial charge in [0.15, 0.2) is 0 Å². The third-order valence-corrected chi connectivity index (χ3v) is 1.98. The summed E-state index contributed by atoms with van der Waals surface area (Å²) in [6.45, 7) is 10.8. The van der Waals surface area contributed by atoms with Gasteiger partial charge < -0.3 is 9.30 Å². The van der Waals surface area contributed by atoms with Crippen molar-refractivity contribution in [2.75, 3.05) is 0 Å². The van der Waals surface area contributed by atoms with Crippen molar-refractivity contribution in [3.05, 3.63) is 17.7 Å². The Balaban J connectivity index is 2.60. The van der Waals surface area contributed by atoms with Crippen LogP contribution in [0.1, 0.15) is 32.2 Å². The lowest BCUT2D eigenvalue weighted by Crippen LogP contribution is -2.21. The van der Waals surface area contributed by atoms with Gasteiger partial charge in [0, 0.05) is 5.69 Å². The Bertz CT molecular complexity index is 284. The van der Waals surface area contributed by atoms with Gasteiger partial charge in [-0.1, -0.05) is 0 Å². The minimum Gasteiger partial charge on any atom is -0.355 e. The minimum atomic E-state index is -0.0926. The maximum absolute atomic E-state index is 5.63. The quantitative estimate of drug-likeness (QED) is 0.701. The standard InChI is InChI=1S/C10H18N2O/c1-8-9(2)12(6-11-8)7-13-10(3,4)5/h6H,7H2,1-5H3. The van der Waals surface area contributed by atoms with E-state index in [0.717, 1.165) is 5.69 Å². The van der Waals surface area contributed by atoms with Crippen LogP contribution < -0.4 is 0 Å². The van der Waals surface area contributed by atoms with Crippen molar-refractivity contribution in [3.63, 3.8) is 0 Å². The third kappa shape index (κ3) is 2.84. The van der Waals surface area contributed by atoms with E-state index in [1.54, 1.807) is 0 Å². The first kappa shape index (κ1) is 10.3. The van der Waals surface area contributed by atoms with Crippen LogP contribution in [0.3, 0.4) is 0 Å². The summed E-state index contributed by atoms with van der Waals surface area (Å²) in [5.41, 5.74) is 2.15. The van der Waals surface area contributed by atoms with Crippen molar-refractivity contribution in [1.29, 1.82) is 0 Å². The summed E-state index contributed by atoms with van der Waals surface area (Å²) >= 11 is 0. The van der Waals surface area contributed by atoms with Crippen molar-refractivity contribution >= 4 is 0 Å². The Morgan fingerprint density at radius 1 is 1.38 bits per heavy atom. The highest BCUT2D eigenvalue weighted by molar-refractivity contribution is 5.07. The second-order valence-electron chi connectivity index (χ2n) is 4.27. The SMILES string of the molecule is Cc1ncn(COC(C)(C)C)c1C. The van der Waals surface area contributed by atoms with Gasteiger partial charge in [-0.3, -0.25) is 0 Å². The van der Waals surface area contributed by atoms with Crippen molar-refractivity contribution in [3.8, 4) is 0 Å². The van der Waals surface area contributed by atoms with E-state index >= 15 is 0 Å². The summed E-state index contributed by atoms with van der Waals surface area (Å²) in [7, 11) is 0. The Morgan fingerprint density at radius 3 is 2.38 bits per heavy atom. The van der Waals surface area contributed by atoms with Gasteiger partial charge in [-0.15, -0.1) is 0 Å². The maximum Gasteiger partial charge on any atom is 0.124 e. The van der Waals surface area contributed by atoms with Gasteiger partial charge in [0.25, 0.3) is 0 Å². The molecule has 1 aromatic heterocycles. The smallest absolute Gasteiger partial charge is 0.124 e. The molecule has 0 fully saturated rings. The van der Waals surface area contributed by atoms with Gasteiger partial charge in [-0.2, -0.15) is 0 Å². The van der Waals surface area contributed by atoms with Crippen LogP contribution in [0, 0.1) is 13.8 Å². The van der Waals surface area contributed by atoms with Gasteiger partial charge in [0.1, 0.15) is 6.73 Å². The molecule has 0 radical (unpaired) electrons. The summed E-state index contributed by atoms with van der Waals surface area (Å²) in [4.78, 5) is 4.20. The van der Waals surface area contributed by atoms with Crippen LogP contribution >= 0.6 is 0 Å². The van der Waals surface area contributed by atoms with E-state index in [1.807, 2.05) is 45.5 Å². The number of ether oxygens (including phenoxy) is 1. The van der Waals surface area contributed by atoms with Crippen LogP contribution in [-0.4, -0.2) is 15.2 Å². The molecule has 0 atom stereocenters. The highest BCUT2D eigenvalue weighted by atomic mass is 16.5. The monoisotopic (exact) mass is 182 g/mol. The van der Waals surface area contributed by atoms with Crippen LogP contribution in [0.4, 0.5) is 0 Å². The molecule has 3 nitrogen and oxygen atoms in total. The Kier molecular flexibility index (Phi) is 2.76. The van der Waals surface area contributed by atoms with E-state index in [4.69, 9.17) is 4.74 Å². The fraction of sp³-hybridized carbons (Fsp3) is 0.700. The molecule has 0 aromatic carbocycles. The molecule has 0 aliphatic carbocycles. The molecular formula is C10H18N2O. The fourth-order valence-corrected chi connectivity index (χ4v) is 0.937. The van der Waals surface area contributed by atoms with Crippen LogP contribution in [0.2, 0.25) is 0 Å². The Labute approximate surface area is 79.7 Å². The molecule has 1 heterocycles. The molecule has 74 valence electrons. The number of imidazole rings is 1. The molecule has 0 bridgehead atoms. The number of nitrogens with zero attached hydrogens (tertiary/aromatic N) is 2. The van der Waals surface area contributed by atoms with Gasteiger partial charge in [-0.25, -0.2) is 4.98 Å². The molecule has 0 amide bonds. The zero-order chi connectivity index (χ0) is 10.1. The van der Waals surface area contributed by atoms with E-state index in [0.29, 0.717) is 6.73 Å². The first-order chi connectivity index (χ1) is 5.90. The van der Waals surface area contributed by atoms with Gasteiger partial charge in [0.05, 0.1) is 17.6 Å². The average molecular weight is 182 g/mol. The second kappa shape index (κ2) is 3.50. The van der Waals surface area contributed by atoms with Crippen LogP contribution in [0.15, 0.2) is 6.33 Å². The van der Waals surface area contributed by atoms with Gasteiger partial charge in [-0.05, 0) is 34.6 Å². The fourth-order valence-electron chi connectivity index (χ4n) is 0.937. The number of aromatic nitrogens is 2. The summed E-state index contributed by atoms with van der Waals surface area (Å²) in [5, 5.41) is 0. The van der Waals surface area contributed by atoms with Crippen molar-refractivity contribution in [1.82, 2.24) is 9.55 Å². The van der Waals surface area contributed by atoms with Crippen molar-refractivity contribution in [2.45, 2.75) is 47.0 Å². The molecular weight excluding hydrogens is 164 g/mol. The maximum atomic E-state index is 5.63. The third-order valence-electron chi connectivity index (χ3n) is 1.98. The number of hydrogen-bond donors (Lipinski definition) is 0. The molecule has 13 heavy (non-hydrogen) atoms. The largest absolute Gasteiger partial charge is 0.355 e. The zero-order valence-electron chi connectivity index (χ0n) is 9.09. The van der Waals surface area contributed by atoms with Crippen LogP contribution in [0.25, 0.3) is 0 Å². The molecule has 0 aliphatic rings. The lowest BCUT2D eigenvalue weighted by atomic mass is 10.2. The molecule has 3 heteroatoms. The second-order valence-corrected chi connectivity index (χ2v) is 4.27. The van der Waals surface area contributed by atoms with Crippen molar-refractivity contribution in [2.24, 2.45) is 0 Å². The van der Waals surface area contributed by atoms with E-state index in [2.05, 4.69) is 4.98 Å². The predicted molar refractivity (Wildman–Crippen MR) is 52.5 cm³/mol. The van der Waals surface area contributed by atoms with E-state index in [-0.39, 0.29) is 5.60 Å². The average Bonchev–Trinajstić information content (AvgIpc) is 2.29. The summed E-state index contributed by atoms with van der Waals surface area (Å²) < 4.78 is 7.65. The molecule has 0 aliphatic heterocycles. The highest BCUT2D eigenvalue weighted by Gasteiger charge is 2.11.